The van der Waals surface area contributed by atoms with Crippen molar-refractivity contribution in [2.24, 2.45) is 5.73 Å². The van der Waals surface area contributed by atoms with Gasteiger partial charge in [-0.2, -0.15) is 0 Å². The fourth-order valence-electron chi connectivity index (χ4n) is 5.39. The summed E-state index contributed by atoms with van der Waals surface area (Å²) < 4.78 is 34.0. The maximum Gasteiger partial charge on any atom is 0.364 e. The number of nitrogens with one attached hydrogen (secondary N) is 2. The fourth-order valence-corrected chi connectivity index (χ4v) is 5.39. The van der Waals surface area contributed by atoms with Crippen molar-refractivity contribution in [3.63, 3.8) is 0 Å². The molecule has 15 atom stereocenters. The average Bonchev–Trinajstić information content (AvgIpc) is 2.92. The molecular weight excluding hydrogens is 598 g/mol. The summed E-state index contributed by atoms with van der Waals surface area (Å²) in [5.74, 6) is -6.15. The van der Waals surface area contributed by atoms with Crippen molar-refractivity contribution < 1.29 is 78.2 Å². The van der Waals surface area contributed by atoms with Crippen molar-refractivity contribution in [3.05, 3.63) is 0 Å². The van der Waals surface area contributed by atoms with Crippen LogP contribution >= 0.6 is 0 Å². The van der Waals surface area contributed by atoms with Gasteiger partial charge >= 0.3 is 11.9 Å². The number of esters is 1. The third-order valence-corrected chi connectivity index (χ3v) is 7.59. The highest BCUT2D eigenvalue weighted by molar-refractivity contribution is 5.75. The number of aliphatic hydroxyl groups is 5. The molecule has 3 heterocycles. The molecule has 0 bridgehead atoms. The van der Waals surface area contributed by atoms with Crippen LogP contribution in [0.4, 0.5) is 0 Å². The SMILES string of the molecule is CC(=O)N[C@H]1[C@H](O[C@H]2C[C@@](O)(C(=O)O)O[C@@H]([C@@H](NC=O)[C@H](C)O)[C@H]2N)O[C@H](C)[C@H](OC(C)=O)[C@@H]1O[C@@H]1OC[C@@H](O)[C@H](O)[C@H]1O. The maximum absolute atomic E-state index is 12.3. The van der Waals surface area contributed by atoms with E-state index in [2.05, 4.69) is 10.6 Å². The zero-order valence-electron chi connectivity index (χ0n) is 24.4. The van der Waals surface area contributed by atoms with E-state index in [1.807, 2.05) is 0 Å². The Hall–Kier alpha value is -2.56. The van der Waals surface area contributed by atoms with Crippen molar-refractivity contribution in [2.45, 2.75) is 126 Å². The fraction of sp³-hybridized carbons (Fsp3) is 0.840. The number of rotatable bonds is 11. The van der Waals surface area contributed by atoms with E-state index in [1.54, 1.807) is 0 Å². The van der Waals surface area contributed by atoms with Gasteiger partial charge in [0.05, 0.1) is 37.0 Å². The lowest BCUT2D eigenvalue weighted by molar-refractivity contribution is -0.342. The molecule has 252 valence electrons. The Morgan fingerprint density at radius 2 is 1.75 bits per heavy atom. The summed E-state index contributed by atoms with van der Waals surface area (Å²) in [6.07, 6.45) is -16.6. The van der Waals surface area contributed by atoms with Gasteiger partial charge < -0.3 is 75.4 Å². The van der Waals surface area contributed by atoms with Crippen LogP contribution in [0, 0.1) is 0 Å². The summed E-state index contributed by atoms with van der Waals surface area (Å²) in [6, 6.07) is -4.00. The Labute approximate surface area is 251 Å². The quantitative estimate of drug-likeness (QED) is 0.0753. The zero-order valence-corrected chi connectivity index (χ0v) is 24.4. The van der Waals surface area contributed by atoms with E-state index in [0.29, 0.717) is 0 Å². The zero-order chi connectivity index (χ0) is 33.1. The van der Waals surface area contributed by atoms with Crippen LogP contribution in [0.15, 0.2) is 0 Å². The van der Waals surface area contributed by atoms with Gasteiger partial charge in [0.25, 0.3) is 5.79 Å². The molecule has 0 spiro atoms. The van der Waals surface area contributed by atoms with Crippen molar-refractivity contribution in [1.82, 2.24) is 10.6 Å². The number of hydrogen-bond donors (Lipinski definition) is 9. The first-order valence-electron chi connectivity index (χ1n) is 13.8. The van der Waals surface area contributed by atoms with Crippen LogP contribution in [0.3, 0.4) is 0 Å². The number of amides is 2. The van der Waals surface area contributed by atoms with Crippen LogP contribution in [0.2, 0.25) is 0 Å². The summed E-state index contributed by atoms with van der Waals surface area (Å²) >= 11 is 0. The van der Waals surface area contributed by atoms with Crippen LogP contribution in [-0.4, -0.2) is 153 Å². The van der Waals surface area contributed by atoms with E-state index in [0.717, 1.165) is 13.8 Å². The molecule has 0 unspecified atom stereocenters. The Morgan fingerprint density at radius 3 is 2.30 bits per heavy atom. The molecule has 0 radical (unpaired) electrons. The van der Waals surface area contributed by atoms with Gasteiger partial charge in [-0.25, -0.2) is 4.79 Å². The predicted octanol–water partition coefficient (Wildman–Crippen LogP) is -5.24. The number of carbonyl (C=O) groups excluding carboxylic acids is 3. The molecule has 0 aliphatic carbocycles. The lowest BCUT2D eigenvalue weighted by Gasteiger charge is -2.50. The van der Waals surface area contributed by atoms with Gasteiger partial charge in [0.15, 0.2) is 18.7 Å². The highest BCUT2D eigenvalue weighted by Crippen LogP contribution is 2.35. The minimum Gasteiger partial charge on any atom is -0.477 e. The van der Waals surface area contributed by atoms with E-state index in [9.17, 15) is 49.8 Å². The van der Waals surface area contributed by atoms with E-state index in [4.69, 9.17) is 34.2 Å². The number of ether oxygens (including phenoxy) is 6. The first kappa shape index (κ1) is 35.9. The second-order valence-corrected chi connectivity index (χ2v) is 11.0. The number of carboxylic acid groups (broad SMARTS) is 1. The summed E-state index contributed by atoms with van der Waals surface area (Å²) in [6.45, 7) is 4.53. The molecule has 3 saturated heterocycles. The normalized spacial score (nSPS) is 42.4. The number of hydrogen-bond acceptors (Lipinski definition) is 16. The largest absolute Gasteiger partial charge is 0.477 e. The molecule has 0 aromatic heterocycles. The first-order valence-corrected chi connectivity index (χ1v) is 13.8. The molecule has 0 saturated carbocycles. The highest BCUT2D eigenvalue weighted by atomic mass is 16.7. The van der Waals surface area contributed by atoms with Crippen molar-refractivity contribution >= 4 is 24.3 Å². The topological polar surface area (TPSA) is 295 Å². The molecule has 3 fully saturated rings. The molecule has 0 aromatic rings. The Bertz CT molecular complexity index is 1040. The Kier molecular flexibility index (Phi) is 12.0. The minimum absolute atomic E-state index is 0.227. The lowest BCUT2D eigenvalue weighted by atomic mass is 9.88. The smallest absolute Gasteiger partial charge is 0.364 e. The standard InChI is InChI=1S/C25H41N3O16/c1-8(30)15(27-7-29)20-14(26)13(5-25(38,44-20)24(36)37)42-22-16(28-10(3)31)21(19(9(2)40-22)41-11(4)32)43-23-18(35)17(34)12(33)6-39-23/h7-9,12-23,30,33-35,38H,5-6,26H2,1-4H3,(H,27,29)(H,28,31)(H,36,37)/t8-,9+,12+,13-,14-,15-,16+,17-,18+,19-,20+,21+,22-,23-,25-/m0/s1. The minimum atomic E-state index is -2.90. The molecule has 3 aliphatic rings. The van der Waals surface area contributed by atoms with Crippen LogP contribution < -0.4 is 16.4 Å². The van der Waals surface area contributed by atoms with Gasteiger partial charge in [-0.1, -0.05) is 0 Å². The molecule has 3 rings (SSSR count). The van der Waals surface area contributed by atoms with Gasteiger partial charge in [-0.15, -0.1) is 0 Å². The summed E-state index contributed by atoms with van der Waals surface area (Å²) in [5, 5.41) is 66.1. The van der Waals surface area contributed by atoms with Crippen molar-refractivity contribution in [1.29, 1.82) is 0 Å². The summed E-state index contributed by atoms with van der Waals surface area (Å²) in [4.78, 5) is 47.6. The molecule has 19 heteroatoms. The number of aliphatic carboxylic acids is 1. The second kappa shape index (κ2) is 14.7. The Morgan fingerprint density at radius 1 is 1.09 bits per heavy atom. The average molecular weight is 640 g/mol. The van der Waals surface area contributed by atoms with Gasteiger partial charge in [-0.3, -0.25) is 14.4 Å². The molecule has 44 heavy (non-hydrogen) atoms. The molecular formula is C25H41N3O16. The van der Waals surface area contributed by atoms with E-state index >= 15 is 0 Å². The highest BCUT2D eigenvalue weighted by Gasteiger charge is 2.56. The number of aliphatic hydroxyl groups excluding tert-OH is 4. The first-order chi connectivity index (χ1) is 20.5. The van der Waals surface area contributed by atoms with Gasteiger partial charge in [-0.05, 0) is 13.8 Å². The molecule has 0 aromatic carbocycles. The van der Waals surface area contributed by atoms with E-state index in [-0.39, 0.29) is 6.41 Å². The van der Waals surface area contributed by atoms with Crippen molar-refractivity contribution in [2.75, 3.05) is 6.61 Å². The summed E-state index contributed by atoms with van der Waals surface area (Å²) in [5.41, 5.74) is 6.37. The molecule has 10 N–H and O–H groups in total. The monoisotopic (exact) mass is 639 g/mol. The maximum atomic E-state index is 12.3. The van der Waals surface area contributed by atoms with E-state index < -0.39 is 122 Å². The summed E-state index contributed by atoms with van der Waals surface area (Å²) in [7, 11) is 0. The molecule has 19 nitrogen and oxygen atoms in total. The van der Waals surface area contributed by atoms with E-state index in [1.165, 1.54) is 13.8 Å². The number of carbonyl (C=O) groups is 4. The number of nitrogens with two attached hydrogens (primary N) is 1. The van der Waals surface area contributed by atoms with Crippen molar-refractivity contribution in [3.8, 4) is 0 Å². The predicted molar refractivity (Wildman–Crippen MR) is 140 cm³/mol. The third kappa shape index (κ3) is 7.98. The van der Waals surface area contributed by atoms with Gasteiger partial charge in [0.1, 0.15) is 36.6 Å². The second-order valence-electron chi connectivity index (χ2n) is 11.0. The van der Waals surface area contributed by atoms with Gasteiger partial charge in [0.2, 0.25) is 12.3 Å². The number of carboxylic acids is 1. The van der Waals surface area contributed by atoms with Crippen LogP contribution in [0.5, 0.6) is 0 Å². The van der Waals surface area contributed by atoms with Crippen LogP contribution in [0.25, 0.3) is 0 Å². The molecule has 3 aliphatic heterocycles. The molecule has 2 amide bonds. The van der Waals surface area contributed by atoms with Gasteiger partial charge in [0, 0.05) is 20.3 Å². The van der Waals surface area contributed by atoms with Crippen LogP contribution in [-0.2, 0) is 47.6 Å². The third-order valence-electron chi connectivity index (χ3n) is 7.59. The lowest BCUT2D eigenvalue weighted by Crippen LogP contribution is -2.71. The van der Waals surface area contributed by atoms with Crippen LogP contribution in [0.1, 0.15) is 34.1 Å². The Balaban J connectivity index is 2.00.